The van der Waals surface area contributed by atoms with Gasteiger partial charge in [-0.15, -0.1) is 0 Å². The second-order valence-corrected chi connectivity index (χ2v) is 6.05. The van der Waals surface area contributed by atoms with Crippen molar-refractivity contribution in [1.82, 2.24) is 0 Å². The summed E-state index contributed by atoms with van der Waals surface area (Å²) < 4.78 is 10.6. The van der Waals surface area contributed by atoms with Crippen molar-refractivity contribution in [1.29, 1.82) is 0 Å². The van der Waals surface area contributed by atoms with Crippen LogP contribution in [0.15, 0.2) is 12.2 Å². The molecule has 4 atom stereocenters. The first-order valence-electron chi connectivity index (χ1n) is 8.12. The second kappa shape index (κ2) is 9.62. The molecule has 0 radical (unpaired) electrons. The Balaban J connectivity index is 2.45. The largest absolute Gasteiger partial charge is 0.463 e. The van der Waals surface area contributed by atoms with Gasteiger partial charge in [0, 0.05) is 6.92 Å². The molecule has 0 saturated heterocycles. The van der Waals surface area contributed by atoms with Gasteiger partial charge in [0.25, 0.3) is 0 Å². The van der Waals surface area contributed by atoms with E-state index in [0.29, 0.717) is 0 Å². The van der Waals surface area contributed by atoms with Gasteiger partial charge in [-0.3, -0.25) is 9.59 Å². The van der Waals surface area contributed by atoms with Crippen LogP contribution in [0.1, 0.15) is 59.3 Å². The summed E-state index contributed by atoms with van der Waals surface area (Å²) in [4.78, 5) is 22.9. The molecule has 1 N–H and O–H groups in total. The lowest BCUT2D eigenvalue weighted by Crippen LogP contribution is -2.30. The van der Waals surface area contributed by atoms with E-state index in [-0.39, 0.29) is 24.1 Å². The Hall–Kier alpha value is -1.36. The number of aliphatic hydroxyl groups excluding tert-OH is 1. The Kier molecular flexibility index (Phi) is 8.17. The predicted molar refractivity (Wildman–Crippen MR) is 83.1 cm³/mol. The summed E-state index contributed by atoms with van der Waals surface area (Å²) in [6, 6.07) is 0. The molecule has 1 rings (SSSR count). The lowest BCUT2D eigenvalue weighted by Gasteiger charge is -2.23. The molecule has 22 heavy (non-hydrogen) atoms. The van der Waals surface area contributed by atoms with E-state index in [9.17, 15) is 14.7 Å². The van der Waals surface area contributed by atoms with E-state index in [1.54, 1.807) is 13.0 Å². The number of ether oxygens (including phenoxy) is 2. The van der Waals surface area contributed by atoms with Crippen molar-refractivity contribution >= 4 is 11.9 Å². The van der Waals surface area contributed by atoms with Crippen molar-refractivity contribution in [3.05, 3.63) is 12.2 Å². The van der Waals surface area contributed by atoms with Crippen molar-refractivity contribution in [3.8, 4) is 0 Å². The molecule has 0 unspecified atom stereocenters. The minimum absolute atomic E-state index is 0.114. The molecule has 0 fully saturated rings. The number of carbonyl (C=O) groups is 2. The van der Waals surface area contributed by atoms with Crippen LogP contribution in [-0.2, 0) is 19.1 Å². The molecule has 0 spiro atoms. The SMILES string of the molecule is CC(=O)O[C@@H](C)CCC[C@@H]1CCC/C=C/[C@@H](O)[C@@H](C)C(=O)O1. The van der Waals surface area contributed by atoms with E-state index in [1.807, 2.05) is 13.0 Å². The van der Waals surface area contributed by atoms with E-state index in [1.165, 1.54) is 6.92 Å². The van der Waals surface area contributed by atoms with Crippen LogP contribution in [0.25, 0.3) is 0 Å². The van der Waals surface area contributed by atoms with Gasteiger partial charge >= 0.3 is 11.9 Å². The summed E-state index contributed by atoms with van der Waals surface area (Å²) in [6.45, 7) is 4.95. The number of carbonyl (C=O) groups excluding carboxylic acids is 2. The first-order chi connectivity index (χ1) is 10.4. The Morgan fingerprint density at radius 2 is 2.27 bits per heavy atom. The van der Waals surface area contributed by atoms with Gasteiger partial charge in [-0.25, -0.2) is 0 Å². The smallest absolute Gasteiger partial charge is 0.311 e. The van der Waals surface area contributed by atoms with Gasteiger partial charge in [0.1, 0.15) is 6.10 Å². The maximum atomic E-state index is 12.0. The third kappa shape index (κ3) is 7.07. The first kappa shape index (κ1) is 18.7. The molecule has 0 aromatic rings. The van der Waals surface area contributed by atoms with E-state index in [2.05, 4.69) is 0 Å². The van der Waals surface area contributed by atoms with Crippen LogP contribution in [0.2, 0.25) is 0 Å². The van der Waals surface area contributed by atoms with E-state index < -0.39 is 12.0 Å². The fourth-order valence-corrected chi connectivity index (χ4v) is 2.51. The highest BCUT2D eigenvalue weighted by molar-refractivity contribution is 5.73. The van der Waals surface area contributed by atoms with E-state index in [4.69, 9.17) is 9.47 Å². The first-order valence-corrected chi connectivity index (χ1v) is 8.12. The highest BCUT2D eigenvalue weighted by Crippen LogP contribution is 2.19. The average Bonchev–Trinajstić information content (AvgIpc) is 2.43. The van der Waals surface area contributed by atoms with Crippen LogP contribution in [0.4, 0.5) is 0 Å². The van der Waals surface area contributed by atoms with Crippen LogP contribution >= 0.6 is 0 Å². The summed E-state index contributed by atoms with van der Waals surface area (Å²) in [5.74, 6) is -1.17. The molecule has 1 aliphatic rings. The second-order valence-electron chi connectivity index (χ2n) is 6.05. The Morgan fingerprint density at radius 3 is 2.95 bits per heavy atom. The maximum absolute atomic E-state index is 12.0. The van der Waals surface area contributed by atoms with Gasteiger partial charge in [0.15, 0.2) is 0 Å². The predicted octanol–water partition coefficient (Wildman–Crippen LogP) is 2.76. The topological polar surface area (TPSA) is 72.8 Å². The van der Waals surface area contributed by atoms with Gasteiger partial charge in [0.2, 0.25) is 0 Å². The monoisotopic (exact) mass is 312 g/mol. The van der Waals surface area contributed by atoms with Crippen molar-refractivity contribution in [2.75, 3.05) is 0 Å². The summed E-state index contributed by atoms with van der Waals surface area (Å²) in [5.41, 5.74) is 0. The van der Waals surface area contributed by atoms with Crippen LogP contribution < -0.4 is 0 Å². The van der Waals surface area contributed by atoms with Crippen molar-refractivity contribution in [2.24, 2.45) is 5.92 Å². The minimum atomic E-state index is -0.782. The van der Waals surface area contributed by atoms with E-state index >= 15 is 0 Å². The molecular weight excluding hydrogens is 284 g/mol. The lowest BCUT2D eigenvalue weighted by atomic mass is 10.00. The third-order valence-corrected chi connectivity index (χ3v) is 3.90. The zero-order valence-corrected chi connectivity index (χ0v) is 13.8. The highest BCUT2D eigenvalue weighted by atomic mass is 16.5. The van der Waals surface area contributed by atoms with Crippen LogP contribution in [0.5, 0.6) is 0 Å². The number of hydrogen-bond acceptors (Lipinski definition) is 5. The molecule has 1 aliphatic heterocycles. The van der Waals surface area contributed by atoms with E-state index in [0.717, 1.165) is 38.5 Å². The molecule has 0 aromatic carbocycles. The number of cyclic esters (lactones) is 1. The van der Waals surface area contributed by atoms with Gasteiger partial charge in [-0.05, 0) is 52.4 Å². The van der Waals surface area contributed by atoms with Gasteiger partial charge in [0.05, 0.1) is 18.1 Å². The Morgan fingerprint density at radius 1 is 1.55 bits per heavy atom. The lowest BCUT2D eigenvalue weighted by molar-refractivity contribution is -0.157. The fourth-order valence-electron chi connectivity index (χ4n) is 2.51. The molecule has 0 aliphatic carbocycles. The fraction of sp³-hybridized carbons (Fsp3) is 0.765. The number of hydrogen-bond donors (Lipinski definition) is 1. The normalized spacial score (nSPS) is 29.3. The Labute approximate surface area is 132 Å². The van der Waals surface area contributed by atoms with Crippen LogP contribution in [0.3, 0.4) is 0 Å². The van der Waals surface area contributed by atoms with Crippen LogP contribution in [0, 0.1) is 5.92 Å². The van der Waals surface area contributed by atoms with Crippen molar-refractivity contribution in [2.45, 2.75) is 77.6 Å². The zero-order valence-electron chi connectivity index (χ0n) is 13.8. The molecule has 0 aromatic heterocycles. The van der Waals surface area contributed by atoms with Crippen molar-refractivity contribution < 1.29 is 24.2 Å². The molecular formula is C17H28O5. The molecule has 126 valence electrons. The summed E-state index contributed by atoms with van der Waals surface area (Å²) in [6.07, 6.45) is 7.55. The third-order valence-electron chi connectivity index (χ3n) is 3.90. The summed E-state index contributed by atoms with van der Waals surface area (Å²) in [7, 11) is 0. The summed E-state index contributed by atoms with van der Waals surface area (Å²) >= 11 is 0. The van der Waals surface area contributed by atoms with Crippen molar-refractivity contribution in [3.63, 3.8) is 0 Å². The summed E-state index contributed by atoms with van der Waals surface area (Å²) in [5, 5.41) is 9.85. The Bertz CT molecular complexity index is 391. The van der Waals surface area contributed by atoms with Gasteiger partial charge in [-0.1, -0.05) is 12.2 Å². The van der Waals surface area contributed by atoms with Gasteiger partial charge in [-0.2, -0.15) is 0 Å². The average molecular weight is 312 g/mol. The molecule has 0 amide bonds. The molecule has 5 heteroatoms. The maximum Gasteiger partial charge on any atom is 0.311 e. The minimum Gasteiger partial charge on any atom is -0.463 e. The number of aliphatic hydroxyl groups is 1. The standard InChI is InChI=1S/C17H28O5/c1-12(21-14(3)18)8-7-10-15-9-5-4-6-11-16(19)13(2)17(20)22-15/h6,11-13,15-16,19H,4-5,7-10H2,1-3H3/b11-6+/t12-,13+,15-,16+/m0/s1. The van der Waals surface area contributed by atoms with Gasteiger partial charge < -0.3 is 14.6 Å². The molecule has 1 heterocycles. The highest BCUT2D eigenvalue weighted by Gasteiger charge is 2.25. The zero-order chi connectivity index (χ0) is 16.5. The number of allylic oxidation sites excluding steroid dienone is 1. The number of rotatable bonds is 5. The quantitative estimate of drug-likeness (QED) is 0.624. The molecule has 0 bridgehead atoms. The molecule has 5 nitrogen and oxygen atoms in total. The van der Waals surface area contributed by atoms with Crippen LogP contribution in [-0.4, -0.2) is 35.4 Å². The number of esters is 2. The molecule has 0 saturated carbocycles.